The molecule has 2 nitrogen and oxygen atoms in total. The lowest BCUT2D eigenvalue weighted by atomic mass is 9.86. The highest BCUT2D eigenvalue weighted by Gasteiger charge is 2.39. The van der Waals surface area contributed by atoms with Crippen molar-refractivity contribution in [1.82, 2.24) is 5.32 Å². The van der Waals surface area contributed by atoms with Crippen LogP contribution in [-0.4, -0.2) is 11.5 Å². The van der Waals surface area contributed by atoms with Crippen LogP contribution in [0, 0.1) is 0 Å². The van der Waals surface area contributed by atoms with Gasteiger partial charge in [-0.3, -0.25) is 4.79 Å². The van der Waals surface area contributed by atoms with E-state index >= 15 is 0 Å². The maximum Gasteiger partial charge on any atom is 0.161 e. The SMILES string of the molecule is O=C1CCC2=C1C(c1ccc(Cl)c(Cl)c1)C1=C(CCS1)N2. The van der Waals surface area contributed by atoms with E-state index in [4.69, 9.17) is 23.2 Å². The number of carbonyl (C=O) groups excluding carboxylic acids is 1. The van der Waals surface area contributed by atoms with E-state index in [-0.39, 0.29) is 11.7 Å². The Morgan fingerprint density at radius 1 is 1.10 bits per heavy atom. The molecule has 2 heterocycles. The number of Topliss-reactive ketones (excluding diaryl/α,β-unsaturated/α-hetero) is 1. The molecule has 5 heteroatoms. The van der Waals surface area contributed by atoms with Gasteiger partial charge in [0.15, 0.2) is 5.78 Å². The number of hydrogen-bond acceptors (Lipinski definition) is 3. The average molecular weight is 338 g/mol. The van der Waals surface area contributed by atoms with E-state index in [1.807, 2.05) is 30.0 Å². The standard InChI is InChI=1S/C16H13Cl2NOS/c17-9-2-1-8(7-10(9)18)14-15-11(3-4-13(15)20)19-12-5-6-21-16(12)14/h1-2,7,14,19H,3-6H2. The first-order chi connectivity index (χ1) is 10.1. The molecule has 0 saturated heterocycles. The van der Waals surface area contributed by atoms with Crippen LogP contribution in [0.15, 0.2) is 40.1 Å². The van der Waals surface area contributed by atoms with Gasteiger partial charge in [0.05, 0.1) is 10.0 Å². The summed E-state index contributed by atoms with van der Waals surface area (Å²) in [4.78, 5) is 13.6. The Morgan fingerprint density at radius 2 is 1.95 bits per heavy atom. The van der Waals surface area contributed by atoms with Crippen LogP contribution in [-0.2, 0) is 4.79 Å². The third kappa shape index (κ3) is 2.14. The molecule has 2 aliphatic heterocycles. The summed E-state index contributed by atoms with van der Waals surface area (Å²) in [7, 11) is 0. The highest BCUT2D eigenvalue weighted by molar-refractivity contribution is 8.03. The van der Waals surface area contributed by atoms with E-state index in [9.17, 15) is 4.79 Å². The normalized spacial score (nSPS) is 24.3. The van der Waals surface area contributed by atoms with Crippen molar-refractivity contribution < 1.29 is 4.79 Å². The van der Waals surface area contributed by atoms with Crippen LogP contribution < -0.4 is 5.32 Å². The molecule has 21 heavy (non-hydrogen) atoms. The topological polar surface area (TPSA) is 29.1 Å². The fourth-order valence-electron chi connectivity index (χ4n) is 3.32. The lowest BCUT2D eigenvalue weighted by Gasteiger charge is -2.27. The summed E-state index contributed by atoms with van der Waals surface area (Å²) in [6.07, 6.45) is 2.48. The van der Waals surface area contributed by atoms with E-state index in [2.05, 4.69) is 5.32 Å². The zero-order chi connectivity index (χ0) is 14.6. The van der Waals surface area contributed by atoms with Crippen LogP contribution in [0.25, 0.3) is 0 Å². The van der Waals surface area contributed by atoms with E-state index < -0.39 is 0 Å². The first-order valence-electron chi connectivity index (χ1n) is 6.99. The predicted molar refractivity (Wildman–Crippen MR) is 87.7 cm³/mol. The first-order valence-corrected chi connectivity index (χ1v) is 8.73. The number of hydrogen-bond donors (Lipinski definition) is 1. The molecule has 0 aromatic heterocycles. The molecular formula is C16H13Cl2NOS. The second-order valence-electron chi connectivity index (χ2n) is 5.49. The first kappa shape index (κ1) is 13.7. The summed E-state index contributed by atoms with van der Waals surface area (Å²) in [6, 6.07) is 5.71. The molecular weight excluding hydrogens is 325 g/mol. The molecule has 0 spiro atoms. The third-order valence-corrected chi connectivity index (χ3v) is 6.20. The van der Waals surface area contributed by atoms with Gasteiger partial charge in [-0.05, 0) is 30.5 Å². The minimum absolute atomic E-state index is 0.0357. The Hall–Kier alpha value is -0.900. The number of nitrogens with one attached hydrogen (secondary N) is 1. The molecule has 0 amide bonds. The number of carbonyl (C=O) groups is 1. The molecule has 0 saturated carbocycles. The maximum absolute atomic E-state index is 12.3. The summed E-state index contributed by atoms with van der Waals surface area (Å²) >= 11 is 14.1. The van der Waals surface area contributed by atoms with Crippen molar-refractivity contribution in [3.8, 4) is 0 Å². The summed E-state index contributed by atoms with van der Waals surface area (Å²) in [5.74, 6) is 1.37. The van der Waals surface area contributed by atoms with Crippen molar-refractivity contribution in [3.05, 3.63) is 55.7 Å². The molecule has 1 aromatic carbocycles. The van der Waals surface area contributed by atoms with Gasteiger partial charge in [-0.2, -0.15) is 0 Å². The summed E-state index contributed by atoms with van der Waals surface area (Å²) in [5, 5.41) is 4.59. The summed E-state index contributed by atoms with van der Waals surface area (Å²) in [5.41, 5.74) is 4.39. The van der Waals surface area contributed by atoms with Crippen molar-refractivity contribution in [2.45, 2.75) is 25.2 Å². The Balaban J connectivity index is 1.87. The van der Waals surface area contributed by atoms with E-state index in [0.29, 0.717) is 16.5 Å². The van der Waals surface area contributed by atoms with Gasteiger partial charge in [0, 0.05) is 40.0 Å². The predicted octanol–water partition coefficient (Wildman–Crippen LogP) is 4.65. The van der Waals surface area contributed by atoms with Gasteiger partial charge in [0.25, 0.3) is 0 Å². The van der Waals surface area contributed by atoms with Crippen LogP contribution in [0.3, 0.4) is 0 Å². The number of allylic oxidation sites excluding steroid dienone is 4. The smallest absolute Gasteiger partial charge is 0.161 e. The lowest BCUT2D eigenvalue weighted by Crippen LogP contribution is -2.23. The number of rotatable bonds is 1. The average Bonchev–Trinajstić information content (AvgIpc) is 3.07. The van der Waals surface area contributed by atoms with Gasteiger partial charge in [-0.1, -0.05) is 29.3 Å². The monoisotopic (exact) mass is 337 g/mol. The lowest BCUT2D eigenvalue weighted by molar-refractivity contribution is -0.115. The van der Waals surface area contributed by atoms with Gasteiger partial charge in [-0.15, -0.1) is 11.8 Å². The zero-order valence-corrected chi connectivity index (χ0v) is 13.5. The Bertz CT molecular complexity index is 723. The Morgan fingerprint density at radius 3 is 2.76 bits per heavy atom. The van der Waals surface area contributed by atoms with Gasteiger partial charge >= 0.3 is 0 Å². The largest absolute Gasteiger partial charge is 0.361 e. The maximum atomic E-state index is 12.3. The second-order valence-corrected chi connectivity index (χ2v) is 7.44. The van der Waals surface area contributed by atoms with Crippen LogP contribution in [0.5, 0.6) is 0 Å². The zero-order valence-electron chi connectivity index (χ0n) is 11.2. The molecule has 1 unspecified atom stereocenters. The highest BCUT2D eigenvalue weighted by atomic mass is 35.5. The van der Waals surface area contributed by atoms with Gasteiger partial charge in [0.1, 0.15) is 0 Å². The number of ketones is 1. The minimum atomic E-state index is 0.0357. The van der Waals surface area contributed by atoms with Crippen molar-refractivity contribution >= 4 is 40.7 Å². The molecule has 0 radical (unpaired) electrons. The molecule has 3 aliphatic rings. The summed E-state index contributed by atoms with van der Waals surface area (Å²) < 4.78 is 0. The van der Waals surface area contributed by atoms with E-state index in [0.717, 1.165) is 35.4 Å². The molecule has 4 rings (SSSR count). The molecule has 0 bridgehead atoms. The van der Waals surface area contributed by atoms with Crippen molar-refractivity contribution in [1.29, 1.82) is 0 Å². The number of dihydropyridines is 1. The van der Waals surface area contributed by atoms with Gasteiger partial charge in [0.2, 0.25) is 0 Å². The highest BCUT2D eigenvalue weighted by Crippen LogP contribution is 2.50. The molecule has 0 fully saturated rings. The van der Waals surface area contributed by atoms with Gasteiger partial charge < -0.3 is 5.32 Å². The van der Waals surface area contributed by atoms with Crippen LogP contribution >= 0.6 is 35.0 Å². The van der Waals surface area contributed by atoms with Gasteiger partial charge in [-0.25, -0.2) is 0 Å². The van der Waals surface area contributed by atoms with E-state index in [1.54, 1.807) is 0 Å². The molecule has 108 valence electrons. The Kier molecular flexibility index (Phi) is 3.32. The summed E-state index contributed by atoms with van der Waals surface area (Å²) in [6.45, 7) is 0. The fraction of sp³-hybridized carbons (Fsp3) is 0.312. The fourth-order valence-corrected chi connectivity index (χ4v) is 4.90. The van der Waals surface area contributed by atoms with Crippen LogP contribution in [0.2, 0.25) is 10.0 Å². The third-order valence-electron chi connectivity index (χ3n) is 4.26. The molecule has 1 aromatic rings. The van der Waals surface area contributed by atoms with E-state index in [1.165, 1.54) is 10.6 Å². The van der Waals surface area contributed by atoms with Crippen molar-refractivity contribution in [2.24, 2.45) is 0 Å². The number of halogens is 2. The van der Waals surface area contributed by atoms with Crippen LogP contribution in [0.4, 0.5) is 0 Å². The second kappa shape index (κ2) is 5.08. The van der Waals surface area contributed by atoms with Crippen molar-refractivity contribution in [3.63, 3.8) is 0 Å². The molecule has 1 N–H and O–H groups in total. The van der Waals surface area contributed by atoms with Crippen molar-refractivity contribution in [2.75, 3.05) is 5.75 Å². The molecule has 1 atom stereocenters. The van der Waals surface area contributed by atoms with Crippen LogP contribution in [0.1, 0.15) is 30.7 Å². The quantitative estimate of drug-likeness (QED) is 0.808. The molecule has 1 aliphatic carbocycles. The number of benzene rings is 1. The Labute approximate surface area is 137 Å². The number of thioether (sulfide) groups is 1. The minimum Gasteiger partial charge on any atom is -0.361 e.